The monoisotopic (exact) mass is 469 g/mol. The molecule has 0 spiro atoms. The molecule has 3 aromatic rings. The number of nitrogens with one attached hydrogen (secondary N) is 1. The SMILES string of the molecule is Cc1ccccc1-n1c(C)cc(/C=N/NC(=O)CSCc2ccccc2Br)c1C. The molecule has 0 unspecified atom stereocenters. The van der Waals surface area contributed by atoms with Crippen molar-refractivity contribution in [2.75, 3.05) is 5.75 Å². The molecule has 29 heavy (non-hydrogen) atoms. The predicted octanol–water partition coefficient (Wildman–Crippen LogP) is 5.55. The first-order chi connectivity index (χ1) is 14.0. The zero-order chi connectivity index (χ0) is 20.8. The summed E-state index contributed by atoms with van der Waals surface area (Å²) in [6.45, 7) is 6.25. The Labute approximate surface area is 184 Å². The molecule has 0 aliphatic rings. The van der Waals surface area contributed by atoms with Gasteiger partial charge in [-0.3, -0.25) is 4.79 Å². The number of thioether (sulfide) groups is 1. The fourth-order valence-corrected chi connectivity index (χ4v) is 4.61. The van der Waals surface area contributed by atoms with Crippen LogP contribution in [0, 0.1) is 20.8 Å². The Morgan fingerprint density at radius 2 is 1.86 bits per heavy atom. The lowest BCUT2D eigenvalue weighted by Crippen LogP contribution is -2.19. The molecule has 0 radical (unpaired) electrons. The van der Waals surface area contributed by atoms with Crippen molar-refractivity contribution < 1.29 is 4.79 Å². The summed E-state index contributed by atoms with van der Waals surface area (Å²) in [6.07, 6.45) is 1.72. The summed E-state index contributed by atoms with van der Waals surface area (Å²) in [5.41, 5.74) is 9.40. The maximum atomic E-state index is 12.1. The van der Waals surface area contributed by atoms with Crippen molar-refractivity contribution in [3.63, 3.8) is 0 Å². The molecular weight excluding hydrogens is 446 g/mol. The zero-order valence-electron chi connectivity index (χ0n) is 16.8. The molecule has 1 amide bonds. The van der Waals surface area contributed by atoms with Gasteiger partial charge in [0.1, 0.15) is 0 Å². The number of aromatic nitrogens is 1. The lowest BCUT2D eigenvalue weighted by molar-refractivity contribution is -0.118. The molecule has 0 bridgehead atoms. The van der Waals surface area contributed by atoms with Crippen molar-refractivity contribution >= 4 is 39.8 Å². The van der Waals surface area contributed by atoms with Crippen LogP contribution in [0.5, 0.6) is 0 Å². The van der Waals surface area contributed by atoms with Crippen LogP contribution in [0.1, 0.15) is 28.1 Å². The Bertz CT molecular complexity index is 1040. The lowest BCUT2D eigenvalue weighted by atomic mass is 10.2. The highest BCUT2D eigenvalue weighted by Crippen LogP contribution is 2.23. The van der Waals surface area contributed by atoms with Gasteiger partial charge in [0.25, 0.3) is 0 Å². The van der Waals surface area contributed by atoms with Gasteiger partial charge >= 0.3 is 0 Å². The van der Waals surface area contributed by atoms with Gasteiger partial charge in [-0.15, -0.1) is 11.8 Å². The summed E-state index contributed by atoms with van der Waals surface area (Å²) < 4.78 is 3.28. The summed E-state index contributed by atoms with van der Waals surface area (Å²) in [5, 5.41) is 4.16. The predicted molar refractivity (Wildman–Crippen MR) is 126 cm³/mol. The van der Waals surface area contributed by atoms with E-state index < -0.39 is 0 Å². The molecule has 6 heteroatoms. The number of para-hydroxylation sites is 1. The number of carbonyl (C=O) groups excluding carboxylic acids is 1. The van der Waals surface area contributed by atoms with E-state index in [0.29, 0.717) is 5.75 Å². The minimum atomic E-state index is -0.106. The number of rotatable bonds is 7. The molecule has 0 atom stereocenters. The molecule has 0 saturated heterocycles. The van der Waals surface area contributed by atoms with Gasteiger partial charge in [-0.1, -0.05) is 52.3 Å². The Kier molecular flexibility index (Phi) is 7.34. The number of halogens is 1. The van der Waals surface area contributed by atoms with Crippen LogP contribution in [-0.2, 0) is 10.5 Å². The van der Waals surface area contributed by atoms with Gasteiger partial charge < -0.3 is 4.57 Å². The molecule has 150 valence electrons. The molecule has 4 nitrogen and oxygen atoms in total. The second-order valence-corrected chi connectivity index (χ2v) is 8.67. The first-order valence-corrected chi connectivity index (χ1v) is 11.3. The first kappa shape index (κ1) is 21.4. The van der Waals surface area contributed by atoms with Gasteiger partial charge in [-0.25, -0.2) is 5.43 Å². The standard InChI is InChI=1S/C23H24BrN3OS/c1-16-8-4-7-11-22(16)27-17(2)12-20(18(27)3)13-25-26-23(28)15-29-14-19-9-5-6-10-21(19)24/h4-13H,14-15H2,1-3H3,(H,26,28)/b25-13+. The van der Waals surface area contributed by atoms with E-state index in [1.54, 1.807) is 18.0 Å². The number of carbonyl (C=O) groups is 1. The minimum absolute atomic E-state index is 0.106. The van der Waals surface area contributed by atoms with Crippen molar-refractivity contribution in [1.29, 1.82) is 0 Å². The normalized spacial score (nSPS) is 11.2. The second-order valence-electron chi connectivity index (χ2n) is 6.83. The summed E-state index contributed by atoms with van der Waals surface area (Å²) in [4.78, 5) is 12.1. The Morgan fingerprint density at radius 1 is 1.14 bits per heavy atom. The lowest BCUT2D eigenvalue weighted by Gasteiger charge is -2.12. The van der Waals surface area contributed by atoms with Gasteiger partial charge in [0.15, 0.2) is 0 Å². The highest BCUT2D eigenvalue weighted by Gasteiger charge is 2.11. The summed E-state index contributed by atoms with van der Waals surface area (Å²) in [6, 6.07) is 18.4. The van der Waals surface area contributed by atoms with Crippen LogP contribution < -0.4 is 5.43 Å². The molecule has 1 aromatic heterocycles. The van der Waals surface area contributed by atoms with Gasteiger partial charge in [-0.2, -0.15) is 5.10 Å². The van der Waals surface area contributed by atoms with Gasteiger partial charge in [0.05, 0.1) is 12.0 Å². The van der Waals surface area contributed by atoms with E-state index in [1.807, 2.05) is 30.3 Å². The highest BCUT2D eigenvalue weighted by atomic mass is 79.9. The Balaban J connectivity index is 1.58. The average molecular weight is 470 g/mol. The van der Waals surface area contributed by atoms with Crippen molar-refractivity contribution in [3.05, 3.63) is 87.1 Å². The number of hydrogen-bond acceptors (Lipinski definition) is 3. The fourth-order valence-electron chi connectivity index (χ4n) is 3.18. The minimum Gasteiger partial charge on any atom is -0.318 e. The molecule has 0 saturated carbocycles. The van der Waals surface area contributed by atoms with Crippen molar-refractivity contribution in [3.8, 4) is 5.69 Å². The summed E-state index contributed by atoms with van der Waals surface area (Å²) in [7, 11) is 0. The zero-order valence-corrected chi connectivity index (χ0v) is 19.2. The molecule has 0 fully saturated rings. The van der Waals surface area contributed by atoms with Gasteiger partial charge in [-0.05, 0) is 50.1 Å². The third-order valence-electron chi connectivity index (χ3n) is 4.67. The Morgan fingerprint density at radius 3 is 2.62 bits per heavy atom. The molecule has 3 rings (SSSR count). The molecule has 0 aliphatic carbocycles. The van der Waals surface area contributed by atoms with E-state index in [1.165, 1.54) is 11.1 Å². The number of hydrogen-bond donors (Lipinski definition) is 1. The van der Waals surface area contributed by atoms with Crippen LogP contribution in [-0.4, -0.2) is 22.4 Å². The molecule has 2 aromatic carbocycles. The summed E-state index contributed by atoms with van der Waals surface area (Å²) in [5.74, 6) is 1.03. The summed E-state index contributed by atoms with van der Waals surface area (Å²) >= 11 is 5.09. The Hall–Kier alpha value is -2.31. The van der Waals surface area contributed by atoms with Gasteiger partial charge in [0, 0.05) is 32.9 Å². The van der Waals surface area contributed by atoms with E-state index in [0.717, 1.165) is 32.9 Å². The van der Waals surface area contributed by atoms with Crippen LogP contribution in [0.2, 0.25) is 0 Å². The third kappa shape index (κ3) is 5.40. The number of benzene rings is 2. The third-order valence-corrected chi connectivity index (χ3v) is 6.42. The van der Waals surface area contributed by atoms with Crippen LogP contribution in [0.3, 0.4) is 0 Å². The van der Waals surface area contributed by atoms with Crippen LogP contribution >= 0.6 is 27.7 Å². The fraction of sp³-hybridized carbons (Fsp3) is 0.217. The van der Waals surface area contributed by atoms with Crippen LogP contribution in [0.4, 0.5) is 0 Å². The highest BCUT2D eigenvalue weighted by molar-refractivity contribution is 9.10. The largest absolute Gasteiger partial charge is 0.318 e. The van der Waals surface area contributed by atoms with E-state index in [4.69, 9.17) is 0 Å². The number of aryl methyl sites for hydroxylation is 2. The molecular formula is C23H24BrN3OS. The van der Waals surface area contributed by atoms with E-state index in [9.17, 15) is 4.79 Å². The number of nitrogens with zero attached hydrogens (tertiary/aromatic N) is 2. The van der Waals surface area contributed by atoms with E-state index >= 15 is 0 Å². The number of amides is 1. The quantitative estimate of drug-likeness (QED) is 0.364. The topological polar surface area (TPSA) is 46.4 Å². The van der Waals surface area contributed by atoms with Crippen molar-refractivity contribution in [2.24, 2.45) is 5.10 Å². The molecule has 0 aliphatic heterocycles. The van der Waals surface area contributed by atoms with E-state index in [-0.39, 0.29) is 5.91 Å². The maximum absolute atomic E-state index is 12.1. The average Bonchev–Trinajstić information content (AvgIpc) is 2.97. The van der Waals surface area contributed by atoms with Crippen LogP contribution in [0.15, 0.2) is 64.2 Å². The smallest absolute Gasteiger partial charge is 0.250 e. The number of hydrazone groups is 1. The second kappa shape index (κ2) is 9.94. The van der Waals surface area contributed by atoms with Crippen molar-refractivity contribution in [1.82, 2.24) is 9.99 Å². The van der Waals surface area contributed by atoms with E-state index in [2.05, 4.69) is 76.1 Å². The maximum Gasteiger partial charge on any atom is 0.250 e. The first-order valence-electron chi connectivity index (χ1n) is 9.35. The van der Waals surface area contributed by atoms with Gasteiger partial charge in [0.2, 0.25) is 5.91 Å². The van der Waals surface area contributed by atoms with Crippen molar-refractivity contribution in [2.45, 2.75) is 26.5 Å². The van der Waals surface area contributed by atoms with Crippen LogP contribution in [0.25, 0.3) is 5.69 Å². The molecule has 1 heterocycles. The molecule has 1 N–H and O–H groups in total.